The fraction of sp³-hybridized carbons (Fsp3) is 0.258. The van der Waals surface area contributed by atoms with Gasteiger partial charge in [0.05, 0.1) is 5.52 Å². The van der Waals surface area contributed by atoms with Crippen molar-refractivity contribution in [2.75, 3.05) is 0 Å². The maximum atomic E-state index is 14.1. The lowest BCUT2D eigenvalue weighted by molar-refractivity contribution is -0.138. The molecule has 4 nitrogen and oxygen atoms in total. The number of carbonyl (C=O) groups is 2. The number of ketones is 1. The van der Waals surface area contributed by atoms with E-state index in [4.69, 9.17) is 5.11 Å². The Hall–Kier alpha value is -3.93. The Morgan fingerprint density at radius 1 is 0.865 bits per heavy atom. The lowest BCUT2D eigenvalue weighted by atomic mass is 9.77. The minimum Gasteiger partial charge on any atom is -0.481 e. The number of hydrogen-bond acceptors (Lipinski definition) is 3. The van der Waals surface area contributed by atoms with Crippen molar-refractivity contribution in [3.8, 4) is 11.1 Å². The number of carboxylic acids is 1. The van der Waals surface area contributed by atoms with Crippen LogP contribution in [-0.4, -0.2) is 21.8 Å². The van der Waals surface area contributed by atoms with Gasteiger partial charge in [0.1, 0.15) is 11.6 Å². The number of carbonyl (C=O) groups excluding carboxylic acids is 1. The average molecular weight is 500 g/mol. The summed E-state index contributed by atoms with van der Waals surface area (Å²) in [5, 5.41) is 9.72. The van der Waals surface area contributed by atoms with Crippen LogP contribution in [0.3, 0.4) is 0 Å². The van der Waals surface area contributed by atoms with E-state index in [9.17, 15) is 18.4 Å². The van der Waals surface area contributed by atoms with E-state index in [2.05, 4.69) is 29.2 Å². The molecule has 1 N–H and O–H groups in total. The molecule has 0 spiro atoms. The van der Waals surface area contributed by atoms with Gasteiger partial charge >= 0.3 is 5.97 Å². The number of rotatable bonds is 7. The van der Waals surface area contributed by atoms with Crippen molar-refractivity contribution in [2.24, 2.45) is 5.92 Å². The molecule has 0 saturated heterocycles. The van der Waals surface area contributed by atoms with Gasteiger partial charge in [-0.1, -0.05) is 42.5 Å². The lowest BCUT2D eigenvalue weighted by Gasteiger charge is -2.28. The van der Waals surface area contributed by atoms with Crippen molar-refractivity contribution >= 4 is 22.7 Å². The second-order valence-electron chi connectivity index (χ2n) is 9.86. The molecular formula is C31H27F2NO3. The van der Waals surface area contributed by atoms with Crippen LogP contribution in [0.1, 0.15) is 59.5 Å². The summed E-state index contributed by atoms with van der Waals surface area (Å²) in [7, 11) is 0. The van der Waals surface area contributed by atoms with Crippen molar-refractivity contribution in [1.82, 2.24) is 4.98 Å². The van der Waals surface area contributed by atoms with E-state index >= 15 is 0 Å². The Bertz CT molecular complexity index is 1460. The number of hydrogen-bond donors (Lipinski definition) is 1. The summed E-state index contributed by atoms with van der Waals surface area (Å²) < 4.78 is 27.3. The Kier molecular flexibility index (Phi) is 7.08. The molecule has 1 aliphatic rings. The zero-order valence-electron chi connectivity index (χ0n) is 20.3. The van der Waals surface area contributed by atoms with E-state index < -0.39 is 17.6 Å². The smallest absolute Gasteiger partial charge is 0.303 e. The minimum absolute atomic E-state index is 0.156. The SMILES string of the molecule is O=C(O)CC1CCC(c2ccc(-c3ccc4c(C(=O)Cc5ccc(F)cc5F)ccnc4c3)cc2)CC1. The van der Waals surface area contributed by atoms with Gasteiger partial charge in [-0.05, 0) is 78.0 Å². The second-order valence-corrected chi connectivity index (χ2v) is 9.86. The molecule has 37 heavy (non-hydrogen) atoms. The molecule has 0 bridgehead atoms. The Balaban J connectivity index is 1.32. The van der Waals surface area contributed by atoms with Gasteiger partial charge in [0.2, 0.25) is 0 Å². The molecule has 0 aliphatic heterocycles. The highest BCUT2D eigenvalue weighted by atomic mass is 19.1. The van der Waals surface area contributed by atoms with Crippen molar-refractivity contribution < 1.29 is 23.5 Å². The standard InChI is InChI=1S/C31H27F2NO3/c32-25-11-9-24(28(33)18-25)17-30(35)27-13-14-34-29-16-23(10-12-26(27)29)22-7-5-21(6-8-22)20-3-1-19(2-4-20)15-31(36)37/h5-14,16,18-20H,1-4,15,17H2,(H,36,37). The molecule has 1 heterocycles. The van der Waals surface area contributed by atoms with Crippen LogP contribution in [0.5, 0.6) is 0 Å². The summed E-state index contributed by atoms with van der Waals surface area (Å²) in [4.78, 5) is 28.4. The number of Topliss-reactive ketones (excluding diaryl/α,β-unsaturated/α-hetero) is 1. The van der Waals surface area contributed by atoms with Gasteiger partial charge in [0, 0.05) is 36.1 Å². The van der Waals surface area contributed by atoms with Gasteiger partial charge in [-0.25, -0.2) is 8.78 Å². The van der Waals surface area contributed by atoms with Crippen molar-refractivity contribution in [3.05, 3.63) is 101 Å². The Morgan fingerprint density at radius 3 is 2.30 bits per heavy atom. The van der Waals surface area contributed by atoms with Crippen LogP contribution >= 0.6 is 0 Å². The molecule has 1 fully saturated rings. The van der Waals surface area contributed by atoms with Gasteiger partial charge < -0.3 is 5.11 Å². The molecule has 0 radical (unpaired) electrons. The van der Waals surface area contributed by atoms with E-state index in [-0.39, 0.29) is 30.1 Å². The zero-order chi connectivity index (χ0) is 25.9. The van der Waals surface area contributed by atoms with Crippen LogP contribution in [0.2, 0.25) is 0 Å². The van der Waals surface area contributed by atoms with Gasteiger partial charge in [0.25, 0.3) is 0 Å². The highest BCUT2D eigenvalue weighted by Crippen LogP contribution is 2.38. The number of aromatic nitrogens is 1. The summed E-state index contributed by atoms with van der Waals surface area (Å²) in [6, 6.07) is 19.1. The predicted molar refractivity (Wildman–Crippen MR) is 139 cm³/mol. The Labute approximate surface area is 214 Å². The quantitative estimate of drug-likeness (QED) is 0.270. The van der Waals surface area contributed by atoms with Crippen LogP contribution in [-0.2, 0) is 11.2 Å². The summed E-state index contributed by atoms with van der Waals surface area (Å²) in [6.07, 6.45) is 5.59. The Morgan fingerprint density at radius 2 is 1.59 bits per heavy atom. The number of halogens is 2. The van der Waals surface area contributed by atoms with E-state index in [1.807, 2.05) is 18.2 Å². The fourth-order valence-corrected chi connectivity index (χ4v) is 5.40. The fourth-order valence-electron chi connectivity index (χ4n) is 5.40. The van der Waals surface area contributed by atoms with Crippen molar-refractivity contribution in [2.45, 2.75) is 44.4 Å². The lowest BCUT2D eigenvalue weighted by Crippen LogP contribution is -2.16. The van der Waals surface area contributed by atoms with Crippen LogP contribution in [0.25, 0.3) is 22.0 Å². The van der Waals surface area contributed by atoms with Crippen molar-refractivity contribution in [1.29, 1.82) is 0 Å². The molecule has 5 rings (SSSR count). The normalized spacial score (nSPS) is 17.6. The topological polar surface area (TPSA) is 67.3 Å². The zero-order valence-corrected chi connectivity index (χ0v) is 20.3. The molecule has 6 heteroatoms. The number of pyridine rings is 1. The van der Waals surface area contributed by atoms with Gasteiger partial charge in [0.15, 0.2) is 5.78 Å². The molecule has 0 atom stereocenters. The van der Waals surface area contributed by atoms with E-state index in [1.54, 1.807) is 12.3 Å². The highest BCUT2D eigenvalue weighted by Gasteiger charge is 2.24. The molecular weight excluding hydrogens is 472 g/mol. The summed E-state index contributed by atoms with van der Waals surface area (Å²) >= 11 is 0. The molecule has 1 aliphatic carbocycles. The minimum atomic E-state index is -0.731. The number of aliphatic carboxylic acids is 1. The largest absolute Gasteiger partial charge is 0.481 e. The number of fused-ring (bicyclic) bond motifs is 1. The summed E-state index contributed by atoms with van der Waals surface area (Å²) in [6.45, 7) is 0. The van der Waals surface area contributed by atoms with Crippen LogP contribution in [0, 0.1) is 17.6 Å². The summed E-state index contributed by atoms with van der Waals surface area (Å²) in [5.41, 5.74) is 4.57. The third-order valence-corrected chi connectivity index (χ3v) is 7.43. The molecule has 4 aromatic rings. The molecule has 0 amide bonds. The van der Waals surface area contributed by atoms with Crippen LogP contribution in [0.4, 0.5) is 8.78 Å². The first kappa shape index (κ1) is 24.8. The molecule has 3 aromatic carbocycles. The number of carboxylic acid groups (broad SMARTS) is 1. The molecule has 0 unspecified atom stereocenters. The van der Waals surface area contributed by atoms with E-state index in [0.29, 0.717) is 22.4 Å². The van der Waals surface area contributed by atoms with E-state index in [1.165, 1.54) is 11.6 Å². The third-order valence-electron chi connectivity index (χ3n) is 7.43. The number of benzene rings is 3. The van der Waals surface area contributed by atoms with Gasteiger partial charge in [-0.2, -0.15) is 0 Å². The average Bonchev–Trinajstić information content (AvgIpc) is 2.90. The van der Waals surface area contributed by atoms with Gasteiger partial charge in [-0.3, -0.25) is 14.6 Å². The van der Waals surface area contributed by atoms with E-state index in [0.717, 1.165) is 48.9 Å². The maximum Gasteiger partial charge on any atom is 0.303 e. The maximum absolute atomic E-state index is 14.1. The van der Waals surface area contributed by atoms with Crippen molar-refractivity contribution in [3.63, 3.8) is 0 Å². The van der Waals surface area contributed by atoms with Gasteiger partial charge in [-0.15, -0.1) is 0 Å². The third kappa shape index (κ3) is 5.58. The predicted octanol–water partition coefficient (Wildman–Crippen LogP) is 7.35. The first-order valence-corrected chi connectivity index (χ1v) is 12.6. The summed E-state index contributed by atoms with van der Waals surface area (Å²) in [5.74, 6) is -1.64. The highest BCUT2D eigenvalue weighted by molar-refractivity contribution is 6.08. The molecule has 188 valence electrons. The molecule has 1 aromatic heterocycles. The molecule has 1 saturated carbocycles. The number of nitrogens with zero attached hydrogens (tertiary/aromatic N) is 1. The van der Waals surface area contributed by atoms with Crippen LogP contribution in [0.15, 0.2) is 72.9 Å². The monoisotopic (exact) mass is 499 g/mol. The first-order chi connectivity index (χ1) is 17.9. The second kappa shape index (κ2) is 10.6. The van der Waals surface area contributed by atoms with Crippen LogP contribution < -0.4 is 0 Å². The first-order valence-electron chi connectivity index (χ1n) is 12.6.